The van der Waals surface area contributed by atoms with Crippen molar-refractivity contribution in [1.82, 2.24) is 19.9 Å². The van der Waals surface area contributed by atoms with E-state index in [-0.39, 0.29) is 34.7 Å². The maximum absolute atomic E-state index is 14.6. The highest BCUT2D eigenvalue weighted by molar-refractivity contribution is 5.95. The molecule has 1 unspecified atom stereocenters. The number of fused-ring (bicyclic) bond motifs is 2. The standard InChI is InChI=1S/C29H25F4N5O4/c1-27(26(34)40)14-42-24-20(27)12-22(36-23(24)16-4-6-18(30)7-5-16)28(41,29(31,32)33)13-35-25(39)17-8-9-38-19(10-17)11-21(37-38)15-2-3-15/h4-12,15,41H,2-3,13-14H2,1H3,(H2,34,40)(H,35,39)/t27-,28?/m0/s1. The number of ether oxygens (including phenoxy) is 1. The van der Waals surface area contributed by atoms with Crippen LogP contribution in [0.4, 0.5) is 17.6 Å². The maximum atomic E-state index is 14.6. The van der Waals surface area contributed by atoms with E-state index < -0.39 is 47.1 Å². The van der Waals surface area contributed by atoms with Gasteiger partial charge in [-0.05, 0) is 68.3 Å². The number of aliphatic hydroxyl groups is 1. The van der Waals surface area contributed by atoms with Crippen LogP contribution in [0, 0.1) is 5.82 Å². The summed E-state index contributed by atoms with van der Waals surface area (Å²) in [6, 6.07) is 10.4. The number of hydrogen-bond donors (Lipinski definition) is 3. The second kappa shape index (κ2) is 9.51. The number of aromatic nitrogens is 3. The average molecular weight is 584 g/mol. The van der Waals surface area contributed by atoms with Crippen LogP contribution in [0.3, 0.4) is 0 Å². The summed E-state index contributed by atoms with van der Waals surface area (Å²) in [5, 5.41) is 17.8. The molecule has 6 rings (SSSR count). The van der Waals surface area contributed by atoms with Crippen molar-refractivity contribution < 1.29 is 37.0 Å². The SMILES string of the molecule is C[C@]1(C(N)=O)COc2c1cc(C(O)(CNC(=O)c1ccn3nc(C4CC4)cc3c1)C(F)(F)F)nc2-c1ccc(F)cc1. The van der Waals surface area contributed by atoms with Gasteiger partial charge in [-0.25, -0.2) is 13.9 Å². The Morgan fingerprint density at radius 2 is 1.88 bits per heavy atom. The van der Waals surface area contributed by atoms with Crippen LogP contribution >= 0.6 is 0 Å². The molecule has 2 atom stereocenters. The van der Waals surface area contributed by atoms with Gasteiger partial charge in [0.05, 0.1) is 23.4 Å². The van der Waals surface area contributed by atoms with Gasteiger partial charge in [-0.15, -0.1) is 0 Å². The van der Waals surface area contributed by atoms with E-state index in [1.165, 1.54) is 37.4 Å². The lowest BCUT2D eigenvalue weighted by Crippen LogP contribution is -2.51. The third kappa shape index (κ3) is 4.53. The van der Waals surface area contributed by atoms with E-state index >= 15 is 0 Å². The molecule has 1 aromatic carbocycles. The number of hydrogen-bond acceptors (Lipinski definition) is 6. The number of carbonyl (C=O) groups excluding carboxylic acids is 2. The van der Waals surface area contributed by atoms with Gasteiger partial charge in [-0.1, -0.05) is 0 Å². The Morgan fingerprint density at radius 1 is 1.17 bits per heavy atom. The van der Waals surface area contributed by atoms with Crippen molar-refractivity contribution in [3.05, 3.63) is 83.1 Å². The van der Waals surface area contributed by atoms with Crippen LogP contribution in [0.25, 0.3) is 16.8 Å². The molecule has 0 spiro atoms. The van der Waals surface area contributed by atoms with Crippen LogP contribution in [0.1, 0.15) is 53.0 Å². The molecule has 218 valence electrons. The van der Waals surface area contributed by atoms with Crippen LogP contribution in [-0.4, -0.2) is 50.8 Å². The van der Waals surface area contributed by atoms with Gasteiger partial charge in [0, 0.05) is 28.8 Å². The Labute approximate surface area is 236 Å². The van der Waals surface area contributed by atoms with Gasteiger partial charge in [0.25, 0.3) is 5.91 Å². The van der Waals surface area contributed by atoms with Gasteiger partial charge >= 0.3 is 6.18 Å². The molecule has 9 nitrogen and oxygen atoms in total. The van der Waals surface area contributed by atoms with Crippen molar-refractivity contribution >= 4 is 17.3 Å². The molecule has 0 bridgehead atoms. The van der Waals surface area contributed by atoms with Crippen molar-refractivity contribution in [3.63, 3.8) is 0 Å². The van der Waals surface area contributed by atoms with Crippen LogP contribution in [0.5, 0.6) is 5.75 Å². The number of nitrogens with two attached hydrogens (primary N) is 1. The number of amides is 2. The smallest absolute Gasteiger partial charge is 0.424 e. The van der Waals surface area contributed by atoms with Gasteiger partial charge < -0.3 is 20.9 Å². The summed E-state index contributed by atoms with van der Waals surface area (Å²) in [6.45, 7) is -0.178. The first-order chi connectivity index (χ1) is 19.8. The number of carbonyl (C=O) groups is 2. The molecule has 4 aromatic rings. The summed E-state index contributed by atoms with van der Waals surface area (Å²) < 4.78 is 64.7. The summed E-state index contributed by atoms with van der Waals surface area (Å²) in [4.78, 5) is 29.4. The largest absolute Gasteiger partial charge is 0.489 e. The molecule has 1 aliphatic carbocycles. The maximum Gasteiger partial charge on any atom is 0.424 e. The monoisotopic (exact) mass is 583 g/mol. The minimum absolute atomic E-state index is 0.0140. The fourth-order valence-corrected chi connectivity index (χ4v) is 4.98. The number of halogens is 4. The summed E-state index contributed by atoms with van der Waals surface area (Å²) in [7, 11) is 0. The number of alkyl halides is 3. The molecule has 1 aliphatic heterocycles. The van der Waals surface area contributed by atoms with Crippen molar-refractivity contribution in [3.8, 4) is 17.0 Å². The zero-order valence-corrected chi connectivity index (χ0v) is 22.2. The quantitative estimate of drug-likeness (QED) is 0.284. The van der Waals surface area contributed by atoms with Gasteiger partial charge in [0.2, 0.25) is 11.5 Å². The van der Waals surface area contributed by atoms with E-state index in [4.69, 9.17) is 10.5 Å². The van der Waals surface area contributed by atoms with E-state index in [2.05, 4.69) is 15.4 Å². The van der Waals surface area contributed by atoms with Crippen molar-refractivity contribution in [2.24, 2.45) is 5.73 Å². The molecule has 2 amide bonds. The highest BCUT2D eigenvalue weighted by Crippen LogP contribution is 2.47. The van der Waals surface area contributed by atoms with E-state index in [1.54, 1.807) is 4.52 Å². The van der Waals surface area contributed by atoms with E-state index in [0.717, 1.165) is 36.7 Å². The molecule has 1 fully saturated rings. The van der Waals surface area contributed by atoms with Gasteiger partial charge in [0.1, 0.15) is 29.3 Å². The molecular formula is C29H25F4N5O4. The fraction of sp³-hybridized carbons (Fsp3) is 0.310. The van der Waals surface area contributed by atoms with Crippen LogP contribution < -0.4 is 15.8 Å². The van der Waals surface area contributed by atoms with Crippen molar-refractivity contribution in [2.75, 3.05) is 13.2 Å². The van der Waals surface area contributed by atoms with E-state index in [0.29, 0.717) is 11.4 Å². The topological polar surface area (TPSA) is 132 Å². The Morgan fingerprint density at radius 3 is 2.52 bits per heavy atom. The van der Waals surface area contributed by atoms with E-state index in [1.807, 2.05) is 6.07 Å². The third-order valence-electron chi connectivity index (χ3n) is 7.87. The van der Waals surface area contributed by atoms with Crippen LogP contribution in [0.2, 0.25) is 0 Å². The second-order valence-electron chi connectivity index (χ2n) is 10.9. The first-order valence-corrected chi connectivity index (χ1v) is 13.1. The third-order valence-corrected chi connectivity index (χ3v) is 7.87. The predicted octanol–water partition coefficient (Wildman–Crippen LogP) is 3.73. The summed E-state index contributed by atoms with van der Waals surface area (Å²) in [5.41, 5.74) is 1.01. The molecule has 4 heterocycles. The highest BCUT2D eigenvalue weighted by Gasteiger charge is 2.57. The minimum Gasteiger partial charge on any atom is -0.489 e. The lowest BCUT2D eigenvalue weighted by molar-refractivity contribution is -0.265. The predicted molar refractivity (Wildman–Crippen MR) is 141 cm³/mol. The van der Waals surface area contributed by atoms with Crippen molar-refractivity contribution in [1.29, 1.82) is 0 Å². The molecule has 3 aromatic heterocycles. The number of nitrogens with zero attached hydrogens (tertiary/aromatic N) is 3. The van der Waals surface area contributed by atoms with Crippen molar-refractivity contribution in [2.45, 2.75) is 42.9 Å². The molecule has 2 aliphatic rings. The fourth-order valence-electron chi connectivity index (χ4n) is 4.98. The van der Waals surface area contributed by atoms with Gasteiger partial charge in [-0.3, -0.25) is 9.59 Å². The van der Waals surface area contributed by atoms with Gasteiger partial charge in [0.15, 0.2) is 0 Å². The Kier molecular flexibility index (Phi) is 6.26. The normalized spacial score (nSPS) is 19.7. The van der Waals surface area contributed by atoms with E-state index in [9.17, 15) is 32.3 Å². The molecule has 42 heavy (non-hydrogen) atoms. The Hall–Kier alpha value is -4.52. The first kappa shape index (κ1) is 27.6. The number of benzene rings is 1. The summed E-state index contributed by atoms with van der Waals surface area (Å²) in [6.07, 6.45) is -1.73. The zero-order valence-electron chi connectivity index (χ0n) is 22.2. The van der Waals surface area contributed by atoms with Crippen LogP contribution in [-0.2, 0) is 15.8 Å². The molecule has 4 N–H and O–H groups in total. The summed E-state index contributed by atoms with van der Waals surface area (Å²) >= 11 is 0. The average Bonchev–Trinajstić information content (AvgIpc) is 3.62. The number of primary amides is 1. The molecule has 0 radical (unpaired) electrons. The Balaban J connectivity index is 1.38. The molecular weight excluding hydrogens is 558 g/mol. The number of pyridine rings is 2. The first-order valence-electron chi connectivity index (χ1n) is 13.1. The number of nitrogens with one attached hydrogen (secondary N) is 1. The highest BCUT2D eigenvalue weighted by atomic mass is 19.4. The molecule has 1 saturated carbocycles. The lowest BCUT2D eigenvalue weighted by Gasteiger charge is -2.31. The zero-order chi connectivity index (χ0) is 30.0. The molecule has 0 saturated heterocycles. The van der Waals surface area contributed by atoms with Crippen LogP contribution in [0.15, 0.2) is 54.7 Å². The minimum atomic E-state index is -5.32. The van der Waals surface area contributed by atoms with Gasteiger partial charge in [-0.2, -0.15) is 18.3 Å². The molecule has 13 heteroatoms. The number of rotatable bonds is 7. The Bertz CT molecular complexity index is 1730. The lowest BCUT2D eigenvalue weighted by atomic mass is 9.81. The second-order valence-corrected chi connectivity index (χ2v) is 10.9. The summed E-state index contributed by atoms with van der Waals surface area (Å²) in [5.74, 6) is -1.97.